The topological polar surface area (TPSA) is 46.5 Å². The van der Waals surface area contributed by atoms with Gasteiger partial charge in [0.1, 0.15) is 0 Å². The van der Waals surface area contributed by atoms with Crippen molar-refractivity contribution >= 4 is 12.0 Å². The molecule has 0 saturated heterocycles. The third kappa shape index (κ3) is 5.31. The lowest BCUT2D eigenvalue weighted by Crippen LogP contribution is -2.01. The molecule has 0 radical (unpaired) electrons. The van der Waals surface area contributed by atoms with Crippen molar-refractivity contribution in [3.8, 4) is 0 Å². The van der Waals surface area contributed by atoms with Gasteiger partial charge in [-0.3, -0.25) is 4.79 Å². The summed E-state index contributed by atoms with van der Waals surface area (Å²) in [7, 11) is 0. The number of carbonyl (C=O) groups excluding carboxylic acids is 1. The van der Waals surface area contributed by atoms with E-state index in [4.69, 9.17) is 9.84 Å². The molecule has 0 heterocycles. The van der Waals surface area contributed by atoms with Gasteiger partial charge in [-0.25, -0.2) is 0 Å². The summed E-state index contributed by atoms with van der Waals surface area (Å²) in [5.74, 6) is -0.208. The van der Waals surface area contributed by atoms with Gasteiger partial charge in [0, 0.05) is 6.61 Å². The van der Waals surface area contributed by atoms with E-state index in [1.807, 2.05) is 30.3 Å². The normalized spacial score (nSPS) is 10.7. The zero-order valence-corrected chi connectivity index (χ0v) is 10.1. The molecule has 17 heavy (non-hydrogen) atoms. The first-order valence-electron chi connectivity index (χ1n) is 5.78. The van der Waals surface area contributed by atoms with Crippen LogP contribution in [0, 0.1) is 0 Å². The molecule has 0 fully saturated rings. The van der Waals surface area contributed by atoms with Crippen LogP contribution in [-0.2, 0) is 16.0 Å². The molecule has 0 aliphatic heterocycles. The van der Waals surface area contributed by atoms with Gasteiger partial charge in [0.05, 0.1) is 13.0 Å². The highest BCUT2D eigenvalue weighted by Gasteiger charge is 1.96. The van der Waals surface area contributed by atoms with Gasteiger partial charge in [-0.1, -0.05) is 36.4 Å². The van der Waals surface area contributed by atoms with Gasteiger partial charge in [0.2, 0.25) is 0 Å². The molecular weight excluding hydrogens is 216 g/mol. The second-order valence-corrected chi connectivity index (χ2v) is 3.63. The van der Waals surface area contributed by atoms with Crippen LogP contribution in [0.4, 0.5) is 0 Å². The van der Waals surface area contributed by atoms with E-state index in [0.717, 1.165) is 11.1 Å². The second kappa shape index (κ2) is 7.63. The molecule has 1 aromatic rings. The molecule has 3 nitrogen and oxygen atoms in total. The molecule has 0 aliphatic rings. The van der Waals surface area contributed by atoms with E-state index in [2.05, 4.69) is 0 Å². The highest BCUT2D eigenvalue weighted by atomic mass is 16.5. The first-order valence-corrected chi connectivity index (χ1v) is 5.78. The lowest BCUT2D eigenvalue weighted by Gasteiger charge is -1.99. The fourth-order valence-electron chi connectivity index (χ4n) is 1.44. The Morgan fingerprint density at radius 3 is 2.65 bits per heavy atom. The molecule has 0 atom stereocenters. The maximum Gasteiger partial charge on any atom is 0.309 e. The maximum absolute atomic E-state index is 11.1. The summed E-state index contributed by atoms with van der Waals surface area (Å²) in [5, 5.41) is 8.78. The van der Waals surface area contributed by atoms with Crippen molar-refractivity contribution < 1.29 is 14.6 Å². The van der Waals surface area contributed by atoms with Crippen LogP contribution in [0.3, 0.4) is 0 Å². The van der Waals surface area contributed by atoms with Crippen molar-refractivity contribution in [1.82, 2.24) is 0 Å². The Labute approximate surface area is 102 Å². The number of hydrogen-bond donors (Lipinski definition) is 1. The van der Waals surface area contributed by atoms with E-state index >= 15 is 0 Å². The molecule has 0 aliphatic carbocycles. The van der Waals surface area contributed by atoms with Crippen LogP contribution in [-0.4, -0.2) is 24.3 Å². The maximum atomic E-state index is 11.1. The average molecular weight is 234 g/mol. The minimum absolute atomic E-state index is 0.165. The molecule has 0 bridgehead atoms. The number of rotatable bonds is 6. The summed E-state index contributed by atoms with van der Waals surface area (Å²) in [6.45, 7) is 2.38. The highest BCUT2D eigenvalue weighted by molar-refractivity contribution is 5.72. The predicted molar refractivity (Wildman–Crippen MR) is 67.5 cm³/mol. The molecule has 92 valence electrons. The average Bonchev–Trinajstić information content (AvgIpc) is 2.32. The number of hydrogen-bond acceptors (Lipinski definition) is 3. The molecular formula is C14H18O3. The summed E-state index contributed by atoms with van der Waals surface area (Å²) in [4.78, 5) is 11.1. The van der Waals surface area contributed by atoms with Gasteiger partial charge >= 0.3 is 5.97 Å². The summed E-state index contributed by atoms with van der Waals surface area (Å²) in [6.07, 6.45) is 4.65. The third-order valence-electron chi connectivity index (χ3n) is 2.28. The van der Waals surface area contributed by atoms with Gasteiger partial charge in [0.25, 0.3) is 0 Å². The second-order valence-electron chi connectivity index (χ2n) is 3.63. The fraction of sp³-hybridized carbons (Fsp3) is 0.357. The van der Waals surface area contributed by atoms with Crippen molar-refractivity contribution in [2.75, 3.05) is 13.2 Å². The van der Waals surface area contributed by atoms with Crippen molar-refractivity contribution in [2.24, 2.45) is 0 Å². The zero-order valence-electron chi connectivity index (χ0n) is 10.1. The molecule has 1 N–H and O–H groups in total. The third-order valence-corrected chi connectivity index (χ3v) is 2.28. The minimum Gasteiger partial charge on any atom is -0.466 e. The standard InChI is InChI=1S/C14H18O3/c1-2-17-14(16)5-3-4-12-6-8-13(9-7-12)10-11-15/h3-4,6-9,15H,2,5,10-11H2,1H3. The Morgan fingerprint density at radius 1 is 1.35 bits per heavy atom. The SMILES string of the molecule is CCOC(=O)CC=Cc1ccc(CCO)cc1. The lowest BCUT2D eigenvalue weighted by molar-refractivity contribution is -0.142. The van der Waals surface area contributed by atoms with Crippen LogP contribution in [0.15, 0.2) is 30.3 Å². The largest absolute Gasteiger partial charge is 0.466 e. The molecule has 3 heteroatoms. The van der Waals surface area contributed by atoms with Gasteiger partial charge < -0.3 is 9.84 Å². The monoisotopic (exact) mass is 234 g/mol. The number of aliphatic hydroxyl groups is 1. The number of ether oxygens (including phenoxy) is 1. The first-order chi connectivity index (χ1) is 8.26. The van der Waals surface area contributed by atoms with E-state index in [9.17, 15) is 4.79 Å². The van der Waals surface area contributed by atoms with Crippen molar-refractivity contribution in [2.45, 2.75) is 19.8 Å². The Hall–Kier alpha value is -1.61. The Kier molecular flexibility index (Phi) is 6.04. The number of carbonyl (C=O) groups is 1. The molecule has 1 aromatic carbocycles. The minimum atomic E-state index is -0.208. The summed E-state index contributed by atoms with van der Waals surface area (Å²) >= 11 is 0. The Bertz CT molecular complexity index is 366. The molecule has 0 aromatic heterocycles. The quantitative estimate of drug-likeness (QED) is 0.767. The zero-order chi connectivity index (χ0) is 12.5. The van der Waals surface area contributed by atoms with E-state index in [0.29, 0.717) is 19.4 Å². The van der Waals surface area contributed by atoms with E-state index < -0.39 is 0 Å². The smallest absolute Gasteiger partial charge is 0.309 e. The lowest BCUT2D eigenvalue weighted by atomic mass is 10.1. The van der Waals surface area contributed by atoms with Crippen LogP contribution < -0.4 is 0 Å². The van der Waals surface area contributed by atoms with Crippen molar-refractivity contribution in [3.63, 3.8) is 0 Å². The number of benzene rings is 1. The van der Waals surface area contributed by atoms with Crippen LogP contribution in [0.25, 0.3) is 6.08 Å². The molecule has 0 spiro atoms. The Morgan fingerprint density at radius 2 is 2.06 bits per heavy atom. The van der Waals surface area contributed by atoms with E-state index in [-0.39, 0.29) is 12.6 Å². The van der Waals surface area contributed by atoms with E-state index in [1.54, 1.807) is 13.0 Å². The van der Waals surface area contributed by atoms with Gasteiger partial charge in [0.15, 0.2) is 0 Å². The van der Waals surface area contributed by atoms with Crippen molar-refractivity contribution in [1.29, 1.82) is 0 Å². The van der Waals surface area contributed by atoms with E-state index in [1.165, 1.54) is 0 Å². The van der Waals surface area contributed by atoms with Gasteiger partial charge in [-0.05, 0) is 24.5 Å². The summed E-state index contributed by atoms with van der Waals surface area (Å²) in [5.41, 5.74) is 2.14. The molecule has 1 rings (SSSR count). The van der Waals surface area contributed by atoms with Crippen LogP contribution in [0.1, 0.15) is 24.5 Å². The molecule has 0 amide bonds. The highest BCUT2D eigenvalue weighted by Crippen LogP contribution is 2.07. The number of esters is 1. The van der Waals surface area contributed by atoms with Crippen LogP contribution >= 0.6 is 0 Å². The van der Waals surface area contributed by atoms with Crippen molar-refractivity contribution in [3.05, 3.63) is 41.5 Å². The number of aliphatic hydroxyl groups excluding tert-OH is 1. The summed E-state index contributed by atoms with van der Waals surface area (Å²) in [6, 6.07) is 7.87. The molecule has 0 unspecified atom stereocenters. The Balaban J connectivity index is 2.45. The van der Waals surface area contributed by atoms with Crippen LogP contribution in [0.5, 0.6) is 0 Å². The van der Waals surface area contributed by atoms with Gasteiger partial charge in [-0.15, -0.1) is 0 Å². The summed E-state index contributed by atoms with van der Waals surface area (Å²) < 4.78 is 4.81. The fourth-order valence-corrected chi connectivity index (χ4v) is 1.44. The van der Waals surface area contributed by atoms with Gasteiger partial charge in [-0.2, -0.15) is 0 Å². The first kappa shape index (κ1) is 13.5. The predicted octanol–water partition coefficient (Wildman–Crippen LogP) is 2.19. The van der Waals surface area contributed by atoms with Crippen LogP contribution in [0.2, 0.25) is 0 Å². The molecule has 0 saturated carbocycles.